The highest BCUT2D eigenvalue weighted by Gasteiger charge is 2.06. The fraction of sp³-hybridized carbons (Fsp3) is 0.143. The molecule has 0 aliphatic rings. The predicted octanol–water partition coefficient (Wildman–Crippen LogP) is 0.105. The molecule has 0 aliphatic heterocycles. The lowest BCUT2D eigenvalue weighted by molar-refractivity contribution is -0.135. The van der Waals surface area contributed by atoms with E-state index >= 15 is 0 Å². The number of terminal acetylenes is 1. The second-order valence-corrected chi connectivity index (χ2v) is 1.69. The van der Waals surface area contributed by atoms with Crippen LogP contribution in [0.2, 0.25) is 0 Å². The van der Waals surface area contributed by atoms with Crippen molar-refractivity contribution in [3.63, 3.8) is 0 Å². The summed E-state index contributed by atoms with van der Waals surface area (Å²) in [6.45, 7) is 0. The van der Waals surface area contributed by atoms with Gasteiger partial charge in [-0.3, -0.25) is 0 Å². The minimum Gasteiger partial charge on any atom is -0.478 e. The van der Waals surface area contributed by atoms with E-state index in [1.807, 2.05) is 5.92 Å². The van der Waals surface area contributed by atoms with Gasteiger partial charge in [0.05, 0.1) is 5.57 Å². The van der Waals surface area contributed by atoms with Gasteiger partial charge in [0, 0.05) is 12.5 Å². The third kappa shape index (κ3) is 3.76. The van der Waals surface area contributed by atoms with Crippen LogP contribution in [0, 0.1) is 12.3 Å². The van der Waals surface area contributed by atoms with E-state index in [4.69, 9.17) is 16.6 Å². The third-order valence-corrected chi connectivity index (χ3v) is 0.865. The zero-order chi connectivity index (χ0) is 8.85. The second kappa shape index (κ2) is 4.12. The van der Waals surface area contributed by atoms with Crippen LogP contribution in [-0.2, 0) is 9.59 Å². The summed E-state index contributed by atoms with van der Waals surface area (Å²) in [5.41, 5.74) is -0.292. The van der Waals surface area contributed by atoms with E-state index in [-0.39, 0.29) is 12.0 Å². The van der Waals surface area contributed by atoms with Crippen LogP contribution in [0.15, 0.2) is 11.6 Å². The van der Waals surface area contributed by atoms with Crippen LogP contribution in [0.4, 0.5) is 0 Å². The van der Waals surface area contributed by atoms with Gasteiger partial charge in [0.1, 0.15) is 0 Å². The molecule has 2 N–H and O–H groups in total. The van der Waals surface area contributed by atoms with Crippen LogP contribution >= 0.6 is 0 Å². The van der Waals surface area contributed by atoms with Crippen LogP contribution in [0.5, 0.6) is 0 Å². The summed E-state index contributed by atoms with van der Waals surface area (Å²) in [6.07, 6.45) is 5.20. The fourth-order valence-electron chi connectivity index (χ4n) is 0.447. The van der Waals surface area contributed by atoms with E-state index in [0.717, 1.165) is 0 Å². The molecular weight excluding hydrogens is 148 g/mol. The molecular formula is C7H6O4. The summed E-state index contributed by atoms with van der Waals surface area (Å²) < 4.78 is 0. The molecule has 0 saturated carbocycles. The van der Waals surface area contributed by atoms with Gasteiger partial charge in [-0.05, 0) is 0 Å². The molecule has 0 aromatic carbocycles. The molecule has 0 unspecified atom stereocenters. The number of rotatable bonds is 3. The van der Waals surface area contributed by atoms with Gasteiger partial charge in [0.15, 0.2) is 0 Å². The van der Waals surface area contributed by atoms with E-state index in [2.05, 4.69) is 0 Å². The molecule has 0 bridgehead atoms. The molecule has 0 saturated heterocycles. The summed E-state index contributed by atoms with van der Waals surface area (Å²) in [5.74, 6) is -0.566. The topological polar surface area (TPSA) is 74.6 Å². The molecule has 4 nitrogen and oxygen atoms in total. The normalized spacial score (nSPS) is 10.3. The van der Waals surface area contributed by atoms with Crippen LogP contribution < -0.4 is 0 Å². The molecule has 0 spiro atoms. The summed E-state index contributed by atoms with van der Waals surface area (Å²) in [6, 6.07) is 0. The summed E-state index contributed by atoms with van der Waals surface area (Å²) >= 11 is 0. The van der Waals surface area contributed by atoms with Crippen molar-refractivity contribution in [2.45, 2.75) is 6.42 Å². The van der Waals surface area contributed by atoms with Crippen molar-refractivity contribution >= 4 is 11.9 Å². The largest absolute Gasteiger partial charge is 0.478 e. The first-order chi connectivity index (χ1) is 5.07. The molecule has 0 radical (unpaired) electrons. The van der Waals surface area contributed by atoms with Gasteiger partial charge in [-0.1, -0.05) is 0 Å². The Morgan fingerprint density at radius 1 is 1.45 bits per heavy atom. The lowest BCUT2D eigenvalue weighted by Gasteiger charge is -1.92. The summed E-state index contributed by atoms with van der Waals surface area (Å²) in [4.78, 5) is 20.2. The zero-order valence-electron chi connectivity index (χ0n) is 5.57. The van der Waals surface area contributed by atoms with E-state index < -0.39 is 11.9 Å². The number of carboxylic acid groups (broad SMARTS) is 2. The molecule has 0 aliphatic carbocycles. The van der Waals surface area contributed by atoms with Gasteiger partial charge in [-0.15, -0.1) is 12.3 Å². The first kappa shape index (κ1) is 9.24. The number of hydrogen-bond acceptors (Lipinski definition) is 2. The molecule has 0 heterocycles. The molecule has 0 fully saturated rings. The maximum atomic E-state index is 10.2. The Labute approximate surface area is 63.2 Å². The molecule has 0 aromatic heterocycles. The Balaban J connectivity index is 4.49. The average molecular weight is 154 g/mol. The molecule has 0 aromatic rings. The third-order valence-electron chi connectivity index (χ3n) is 0.865. The van der Waals surface area contributed by atoms with Crippen molar-refractivity contribution in [2.24, 2.45) is 0 Å². The van der Waals surface area contributed by atoms with Gasteiger partial charge in [0.25, 0.3) is 0 Å². The van der Waals surface area contributed by atoms with E-state index in [9.17, 15) is 9.59 Å². The smallest absolute Gasteiger partial charge is 0.332 e. The Morgan fingerprint density at radius 2 is 2.00 bits per heavy atom. The highest BCUT2D eigenvalue weighted by molar-refractivity contribution is 5.94. The zero-order valence-corrected chi connectivity index (χ0v) is 5.57. The van der Waals surface area contributed by atoms with Gasteiger partial charge < -0.3 is 10.2 Å². The molecule has 0 rings (SSSR count). The Hall–Kier alpha value is -1.76. The van der Waals surface area contributed by atoms with Crippen LogP contribution in [-0.4, -0.2) is 22.2 Å². The Bertz CT molecular complexity index is 244. The van der Waals surface area contributed by atoms with Gasteiger partial charge >= 0.3 is 11.9 Å². The number of carboxylic acids is 2. The highest BCUT2D eigenvalue weighted by atomic mass is 16.4. The lowest BCUT2D eigenvalue weighted by atomic mass is 10.2. The van der Waals surface area contributed by atoms with Crippen molar-refractivity contribution in [3.05, 3.63) is 11.6 Å². The Morgan fingerprint density at radius 3 is 2.27 bits per heavy atom. The minimum absolute atomic E-state index is 0.179. The number of aliphatic carboxylic acids is 2. The quantitative estimate of drug-likeness (QED) is 0.446. The second-order valence-electron chi connectivity index (χ2n) is 1.69. The molecule has 11 heavy (non-hydrogen) atoms. The highest BCUT2D eigenvalue weighted by Crippen LogP contribution is 1.99. The number of carbonyl (C=O) groups is 2. The maximum Gasteiger partial charge on any atom is 0.332 e. The van der Waals surface area contributed by atoms with E-state index in [1.165, 1.54) is 0 Å². The first-order valence-electron chi connectivity index (χ1n) is 2.68. The molecule has 0 atom stereocenters. The van der Waals surface area contributed by atoms with Crippen LogP contribution in [0.25, 0.3) is 0 Å². The lowest BCUT2D eigenvalue weighted by Crippen LogP contribution is -2.03. The molecule has 58 valence electrons. The molecule has 0 amide bonds. The summed E-state index contributed by atoms with van der Waals surface area (Å²) in [7, 11) is 0. The maximum absolute atomic E-state index is 10.2. The SMILES string of the molecule is C#CCC(=CC(=O)O)C(=O)O. The molecule has 4 heteroatoms. The van der Waals surface area contributed by atoms with Crippen molar-refractivity contribution in [1.29, 1.82) is 0 Å². The fourth-order valence-corrected chi connectivity index (χ4v) is 0.447. The van der Waals surface area contributed by atoms with Gasteiger partial charge in [-0.2, -0.15) is 0 Å². The van der Waals surface area contributed by atoms with Gasteiger partial charge in [0.2, 0.25) is 0 Å². The number of hydrogen-bond donors (Lipinski definition) is 2. The van der Waals surface area contributed by atoms with E-state index in [0.29, 0.717) is 6.08 Å². The average Bonchev–Trinajstić information content (AvgIpc) is 1.86. The standard InChI is InChI=1S/C7H6O4/c1-2-3-5(7(10)11)4-6(8)9/h1,4H,3H2,(H,8,9)(H,10,11). The predicted molar refractivity (Wildman–Crippen MR) is 36.8 cm³/mol. The van der Waals surface area contributed by atoms with Crippen molar-refractivity contribution in [1.82, 2.24) is 0 Å². The monoisotopic (exact) mass is 154 g/mol. The van der Waals surface area contributed by atoms with Crippen molar-refractivity contribution in [3.8, 4) is 12.3 Å². The van der Waals surface area contributed by atoms with Crippen LogP contribution in [0.1, 0.15) is 6.42 Å². The minimum atomic E-state index is -1.31. The summed E-state index contributed by atoms with van der Waals surface area (Å²) in [5, 5.41) is 16.5. The van der Waals surface area contributed by atoms with E-state index in [1.54, 1.807) is 0 Å². The van der Waals surface area contributed by atoms with Crippen molar-refractivity contribution < 1.29 is 19.8 Å². The first-order valence-corrected chi connectivity index (χ1v) is 2.68. The van der Waals surface area contributed by atoms with Gasteiger partial charge in [-0.25, -0.2) is 9.59 Å². The Kier molecular flexibility index (Phi) is 3.46. The van der Waals surface area contributed by atoms with Crippen molar-refractivity contribution in [2.75, 3.05) is 0 Å². The van der Waals surface area contributed by atoms with Crippen LogP contribution in [0.3, 0.4) is 0 Å².